The number of carboxylic acid groups (broad SMARTS) is 2. The first-order valence-corrected chi connectivity index (χ1v) is 8.62. The second kappa shape index (κ2) is 11.8. The molecule has 2 rings (SSSR count). The van der Waals surface area contributed by atoms with Crippen LogP contribution in [0.1, 0.15) is 23.6 Å². The topological polar surface area (TPSA) is 90.7 Å². The van der Waals surface area contributed by atoms with Crippen molar-refractivity contribution < 1.29 is 19.8 Å². The second-order valence-electron chi connectivity index (χ2n) is 5.96. The van der Waals surface area contributed by atoms with E-state index in [0.717, 1.165) is 23.7 Å². The summed E-state index contributed by atoms with van der Waals surface area (Å²) >= 11 is 5.97. The molecule has 1 heterocycles. The molecule has 0 bridgehead atoms. The fraction of sp³-hybridized carbons (Fsp3) is 0.250. The van der Waals surface area contributed by atoms with E-state index in [-0.39, 0.29) is 0 Å². The van der Waals surface area contributed by atoms with Gasteiger partial charge >= 0.3 is 11.9 Å². The molecule has 1 atom stereocenters. The number of aromatic nitrogens is 1. The maximum atomic E-state index is 9.55. The highest BCUT2D eigenvalue weighted by Gasteiger charge is 2.15. The smallest absolute Gasteiger partial charge is 0.328 e. The highest BCUT2D eigenvalue weighted by molar-refractivity contribution is 6.30. The molecule has 1 aromatic heterocycles. The predicted octanol–water partition coefficient (Wildman–Crippen LogP) is 3.53. The van der Waals surface area contributed by atoms with Crippen molar-refractivity contribution in [1.29, 1.82) is 0 Å². The molecular weight excluding hydrogens is 368 g/mol. The van der Waals surface area contributed by atoms with Gasteiger partial charge in [0, 0.05) is 35.0 Å². The van der Waals surface area contributed by atoms with Crippen LogP contribution in [0.25, 0.3) is 0 Å². The molecule has 1 aromatic carbocycles. The number of hydrogen-bond acceptors (Lipinski definition) is 4. The van der Waals surface area contributed by atoms with Gasteiger partial charge in [0.2, 0.25) is 0 Å². The zero-order valence-corrected chi connectivity index (χ0v) is 16.0. The lowest BCUT2D eigenvalue weighted by molar-refractivity contribution is -0.134. The number of pyridine rings is 1. The molecular formula is C20H23ClN2O4. The average molecular weight is 391 g/mol. The van der Waals surface area contributed by atoms with Crippen LogP contribution >= 0.6 is 11.6 Å². The van der Waals surface area contributed by atoms with Crippen molar-refractivity contribution in [1.82, 2.24) is 9.88 Å². The Hall–Kier alpha value is -2.70. The fourth-order valence-electron chi connectivity index (χ4n) is 2.29. The molecule has 2 N–H and O–H groups in total. The Morgan fingerprint density at radius 3 is 2.11 bits per heavy atom. The summed E-state index contributed by atoms with van der Waals surface area (Å²) in [5.41, 5.74) is 2.39. The van der Waals surface area contributed by atoms with Crippen LogP contribution in [0, 0.1) is 0 Å². The van der Waals surface area contributed by atoms with E-state index in [2.05, 4.69) is 42.2 Å². The third-order valence-corrected chi connectivity index (χ3v) is 3.80. The molecule has 2 aromatic rings. The molecule has 7 heteroatoms. The molecule has 0 aliphatic heterocycles. The van der Waals surface area contributed by atoms with Gasteiger partial charge in [-0.15, -0.1) is 0 Å². The van der Waals surface area contributed by atoms with Crippen LogP contribution in [-0.4, -0.2) is 52.7 Å². The third-order valence-electron chi connectivity index (χ3n) is 3.55. The quantitative estimate of drug-likeness (QED) is 0.703. The molecule has 27 heavy (non-hydrogen) atoms. The number of rotatable bonds is 7. The van der Waals surface area contributed by atoms with Crippen LogP contribution in [0.3, 0.4) is 0 Å². The Morgan fingerprint density at radius 2 is 1.67 bits per heavy atom. The minimum atomic E-state index is -1.26. The molecule has 0 spiro atoms. The van der Waals surface area contributed by atoms with Crippen molar-refractivity contribution in [2.45, 2.75) is 12.3 Å². The lowest BCUT2D eigenvalue weighted by atomic mass is 9.92. The van der Waals surface area contributed by atoms with Crippen LogP contribution in [0.4, 0.5) is 0 Å². The van der Waals surface area contributed by atoms with Crippen molar-refractivity contribution in [3.63, 3.8) is 0 Å². The highest BCUT2D eigenvalue weighted by Crippen LogP contribution is 2.27. The number of hydrogen-bond donors (Lipinski definition) is 2. The van der Waals surface area contributed by atoms with Gasteiger partial charge in [-0.3, -0.25) is 4.98 Å². The Bertz CT molecular complexity index is 730. The van der Waals surface area contributed by atoms with Gasteiger partial charge in [-0.05, 0) is 56.9 Å². The number of carbonyl (C=O) groups is 2. The molecule has 0 amide bonds. The molecule has 0 unspecified atom stereocenters. The first-order valence-electron chi connectivity index (χ1n) is 8.24. The van der Waals surface area contributed by atoms with Gasteiger partial charge in [-0.25, -0.2) is 9.59 Å². The maximum Gasteiger partial charge on any atom is 0.328 e. The molecule has 0 aliphatic rings. The van der Waals surface area contributed by atoms with Gasteiger partial charge < -0.3 is 15.1 Å². The van der Waals surface area contributed by atoms with Crippen LogP contribution in [0.5, 0.6) is 0 Å². The SMILES string of the molecule is CN(C)CC[C@H](c1ccc(Cl)cc1)c1ccccn1.O=C(O)/C=C\C(=O)O. The van der Waals surface area contributed by atoms with Crippen LogP contribution in [0.2, 0.25) is 5.02 Å². The van der Waals surface area contributed by atoms with Crippen LogP contribution in [0.15, 0.2) is 60.8 Å². The van der Waals surface area contributed by atoms with Gasteiger partial charge in [0.15, 0.2) is 0 Å². The van der Waals surface area contributed by atoms with Crippen molar-refractivity contribution in [3.05, 3.63) is 77.1 Å². The Balaban J connectivity index is 0.000000387. The van der Waals surface area contributed by atoms with E-state index in [1.807, 2.05) is 30.5 Å². The number of nitrogens with zero attached hydrogens (tertiary/aromatic N) is 2. The summed E-state index contributed by atoms with van der Waals surface area (Å²) < 4.78 is 0. The van der Waals surface area contributed by atoms with E-state index in [1.54, 1.807) is 0 Å². The number of carboxylic acids is 2. The summed E-state index contributed by atoms with van der Waals surface area (Å²) in [5.74, 6) is -2.19. The van der Waals surface area contributed by atoms with E-state index < -0.39 is 11.9 Å². The van der Waals surface area contributed by atoms with Crippen molar-refractivity contribution >= 4 is 23.5 Å². The van der Waals surface area contributed by atoms with Gasteiger partial charge in [0.25, 0.3) is 0 Å². The van der Waals surface area contributed by atoms with E-state index in [0.29, 0.717) is 18.1 Å². The largest absolute Gasteiger partial charge is 0.478 e. The van der Waals surface area contributed by atoms with E-state index >= 15 is 0 Å². The zero-order chi connectivity index (χ0) is 20.2. The summed E-state index contributed by atoms with van der Waals surface area (Å²) in [4.78, 5) is 25.8. The normalized spacial score (nSPS) is 11.7. The zero-order valence-electron chi connectivity index (χ0n) is 15.2. The number of halogens is 1. The summed E-state index contributed by atoms with van der Waals surface area (Å²) in [6.07, 6.45) is 4.02. The molecule has 0 radical (unpaired) electrons. The van der Waals surface area contributed by atoms with E-state index in [9.17, 15) is 9.59 Å². The molecule has 0 fully saturated rings. The third kappa shape index (κ3) is 9.53. The van der Waals surface area contributed by atoms with Crippen molar-refractivity contribution in [2.24, 2.45) is 0 Å². The summed E-state index contributed by atoms with van der Waals surface area (Å²) in [6, 6.07) is 14.2. The predicted molar refractivity (Wildman–Crippen MR) is 105 cm³/mol. The van der Waals surface area contributed by atoms with Crippen molar-refractivity contribution in [2.75, 3.05) is 20.6 Å². The Morgan fingerprint density at radius 1 is 1.07 bits per heavy atom. The fourth-order valence-corrected chi connectivity index (χ4v) is 2.42. The number of aliphatic carboxylic acids is 2. The first-order chi connectivity index (χ1) is 12.8. The molecule has 0 aliphatic carbocycles. The minimum absolute atomic E-state index is 0.320. The highest BCUT2D eigenvalue weighted by atomic mass is 35.5. The molecule has 0 saturated carbocycles. The lowest BCUT2D eigenvalue weighted by Gasteiger charge is -2.19. The Kier molecular flexibility index (Phi) is 9.79. The van der Waals surface area contributed by atoms with E-state index in [4.69, 9.17) is 21.8 Å². The van der Waals surface area contributed by atoms with Gasteiger partial charge in [0.05, 0.1) is 0 Å². The van der Waals surface area contributed by atoms with Crippen LogP contribution < -0.4 is 0 Å². The van der Waals surface area contributed by atoms with E-state index in [1.165, 1.54) is 5.56 Å². The lowest BCUT2D eigenvalue weighted by Crippen LogP contribution is -2.17. The average Bonchev–Trinajstić information content (AvgIpc) is 2.63. The standard InChI is InChI=1S/C16H19ClN2.C4H4O4/c1-19(2)12-10-15(16-5-3-4-11-18-16)13-6-8-14(17)9-7-13;5-3(6)1-2-4(7)8/h3-9,11,15H,10,12H2,1-2H3;1-2H,(H,5,6)(H,7,8)/b;2-1-/t15-;/m1./s1. The second-order valence-corrected chi connectivity index (χ2v) is 6.40. The van der Waals surface area contributed by atoms with Crippen molar-refractivity contribution in [3.8, 4) is 0 Å². The number of benzene rings is 1. The Labute approximate surface area is 163 Å². The van der Waals surface area contributed by atoms with Gasteiger partial charge in [-0.1, -0.05) is 29.8 Å². The first kappa shape index (κ1) is 22.3. The maximum absolute atomic E-state index is 9.55. The molecule has 6 nitrogen and oxygen atoms in total. The summed E-state index contributed by atoms with van der Waals surface area (Å²) in [7, 11) is 4.19. The molecule has 144 valence electrons. The summed E-state index contributed by atoms with van der Waals surface area (Å²) in [6.45, 7) is 1.03. The summed E-state index contributed by atoms with van der Waals surface area (Å²) in [5, 5.41) is 16.4. The van der Waals surface area contributed by atoms with Gasteiger partial charge in [-0.2, -0.15) is 0 Å². The van der Waals surface area contributed by atoms with Gasteiger partial charge in [0.1, 0.15) is 0 Å². The molecule has 0 saturated heterocycles. The monoisotopic (exact) mass is 390 g/mol. The minimum Gasteiger partial charge on any atom is -0.478 e. The van der Waals surface area contributed by atoms with Crippen LogP contribution in [-0.2, 0) is 9.59 Å².